The number of piperidine rings is 1. The zero-order valence-corrected chi connectivity index (χ0v) is 17.9. The van der Waals surface area contributed by atoms with Crippen LogP contribution in [0.25, 0.3) is 0 Å². The van der Waals surface area contributed by atoms with Gasteiger partial charge >= 0.3 is 0 Å². The molecule has 2 aliphatic heterocycles. The smallest absolute Gasteiger partial charge is 0.259 e. The lowest BCUT2D eigenvalue weighted by molar-refractivity contribution is 0.0528. The van der Waals surface area contributed by atoms with E-state index in [4.69, 9.17) is 10.5 Å². The van der Waals surface area contributed by atoms with Crippen LogP contribution < -0.4 is 16.0 Å². The van der Waals surface area contributed by atoms with Crippen molar-refractivity contribution in [3.05, 3.63) is 63.1 Å². The summed E-state index contributed by atoms with van der Waals surface area (Å²) in [5.74, 6) is -0.0771. The van der Waals surface area contributed by atoms with Crippen molar-refractivity contribution < 1.29 is 17.9 Å². The van der Waals surface area contributed by atoms with Crippen LogP contribution in [0.4, 0.5) is 0 Å². The minimum absolute atomic E-state index is 0.0904. The third kappa shape index (κ3) is 4.48. The average molecular weight is 445 g/mol. The van der Waals surface area contributed by atoms with E-state index < -0.39 is 10.0 Å². The van der Waals surface area contributed by atoms with E-state index in [1.54, 1.807) is 36.1 Å². The van der Waals surface area contributed by atoms with Crippen LogP contribution in [0.5, 0.6) is 5.75 Å². The molecule has 164 valence electrons. The largest absolute Gasteiger partial charge is 0.491 e. The maximum absolute atomic E-state index is 13.1. The Morgan fingerprint density at radius 3 is 2.90 bits per heavy atom. The molecule has 1 aromatic heterocycles. The highest BCUT2D eigenvalue weighted by molar-refractivity contribution is 7.89. The zero-order valence-electron chi connectivity index (χ0n) is 17.1. The molecule has 3 N–H and O–H groups in total. The summed E-state index contributed by atoms with van der Waals surface area (Å²) in [4.78, 5) is 29.3. The van der Waals surface area contributed by atoms with Crippen molar-refractivity contribution in [2.45, 2.75) is 38.0 Å². The highest BCUT2D eigenvalue weighted by Crippen LogP contribution is 2.29. The average Bonchev–Trinajstić information content (AvgIpc) is 2.70. The van der Waals surface area contributed by atoms with Crippen LogP contribution in [0.2, 0.25) is 0 Å². The summed E-state index contributed by atoms with van der Waals surface area (Å²) in [7, 11) is -3.63. The Morgan fingerprint density at radius 1 is 1.32 bits per heavy atom. The van der Waals surface area contributed by atoms with Crippen molar-refractivity contribution in [2.75, 3.05) is 13.2 Å². The number of carbonyl (C=O) groups excluding carboxylic acids is 1. The number of carbonyl (C=O) groups is 1. The summed E-state index contributed by atoms with van der Waals surface area (Å²) in [6.45, 7) is 2.54. The first-order chi connectivity index (χ1) is 14.7. The molecule has 1 amide bonds. The van der Waals surface area contributed by atoms with Gasteiger partial charge in [-0.2, -0.15) is 0 Å². The van der Waals surface area contributed by atoms with Crippen molar-refractivity contribution in [3.8, 4) is 5.75 Å². The molecule has 3 heterocycles. The number of likely N-dealkylation sites (tertiary alicyclic amines) is 1. The third-order valence-electron chi connectivity index (χ3n) is 5.49. The molecule has 1 saturated heterocycles. The molecule has 0 radical (unpaired) electrons. The van der Waals surface area contributed by atoms with Crippen molar-refractivity contribution >= 4 is 21.8 Å². The number of aromatic nitrogens is 1. The first kappa shape index (κ1) is 21.1. The molecule has 9 nitrogen and oxygen atoms in total. The molecule has 2 aliphatic rings. The van der Waals surface area contributed by atoms with E-state index >= 15 is 0 Å². The summed E-state index contributed by atoms with van der Waals surface area (Å²) < 4.78 is 33.4. The summed E-state index contributed by atoms with van der Waals surface area (Å²) in [5.41, 5.74) is 7.60. The van der Waals surface area contributed by atoms with Gasteiger partial charge < -0.3 is 20.4 Å². The van der Waals surface area contributed by atoms with Gasteiger partial charge in [-0.1, -0.05) is 12.1 Å². The number of hydrogen-bond acceptors (Lipinski definition) is 6. The summed E-state index contributed by atoms with van der Waals surface area (Å²) >= 11 is 0. The first-order valence-electron chi connectivity index (χ1n) is 10.1. The number of pyridine rings is 1. The van der Waals surface area contributed by atoms with Gasteiger partial charge in [0.05, 0.1) is 17.4 Å². The second kappa shape index (κ2) is 8.18. The minimum atomic E-state index is -3.63. The standard InChI is InChI=1S/C21H24N4O5S/c1-13-9-15(10-18(26)23-13)21(27)25-8-3-2-6-16(25)11-30-17-7-4-5-14-12-31(28,29)24-20(22)19(14)17/h4-5,7,9-10,16H,2-3,6,8,11-12H2,1H3,(H2,22,24)(H,23,26)/t16-/m1/s1. The van der Waals surface area contributed by atoms with Crippen LogP contribution in [0.15, 0.2) is 39.5 Å². The zero-order chi connectivity index (χ0) is 22.2. The van der Waals surface area contributed by atoms with E-state index in [2.05, 4.69) is 9.38 Å². The van der Waals surface area contributed by atoms with Gasteiger partial charge in [-0.25, -0.2) is 8.42 Å². The van der Waals surface area contributed by atoms with Crippen LogP contribution >= 0.6 is 0 Å². The molecule has 0 spiro atoms. The van der Waals surface area contributed by atoms with Gasteiger partial charge in [0.1, 0.15) is 18.2 Å². The topological polar surface area (TPSA) is 135 Å². The van der Waals surface area contributed by atoms with Gasteiger partial charge in [-0.05, 0) is 43.9 Å². The van der Waals surface area contributed by atoms with Crippen molar-refractivity contribution in [3.63, 3.8) is 0 Å². The molecule has 4 rings (SSSR count). The number of amides is 1. The van der Waals surface area contributed by atoms with E-state index in [1.165, 1.54) is 6.07 Å². The Labute approximate surface area is 180 Å². The van der Waals surface area contributed by atoms with E-state index in [0.29, 0.717) is 34.7 Å². The Morgan fingerprint density at radius 2 is 2.13 bits per heavy atom. The highest BCUT2D eigenvalue weighted by Gasteiger charge is 2.30. The normalized spacial score (nSPS) is 20.0. The van der Waals surface area contributed by atoms with Gasteiger partial charge in [0.15, 0.2) is 0 Å². The van der Waals surface area contributed by atoms with Crippen molar-refractivity contribution in [1.82, 2.24) is 9.88 Å². The van der Waals surface area contributed by atoms with Gasteiger partial charge in [-0.15, -0.1) is 4.40 Å². The monoisotopic (exact) mass is 444 g/mol. The number of benzene rings is 1. The van der Waals surface area contributed by atoms with Gasteiger partial charge in [0.25, 0.3) is 15.9 Å². The van der Waals surface area contributed by atoms with Crippen LogP contribution in [0.3, 0.4) is 0 Å². The number of nitrogens with zero attached hydrogens (tertiary/aromatic N) is 2. The Kier molecular flexibility index (Phi) is 5.57. The number of fused-ring (bicyclic) bond motifs is 1. The van der Waals surface area contributed by atoms with E-state index in [9.17, 15) is 18.0 Å². The van der Waals surface area contributed by atoms with E-state index in [-0.39, 0.29) is 35.7 Å². The van der Waals surface area contributed by atoms with Crippen molar-refractivity contribution in [1.29, 1.82) is 0 Å². The molecule has 0 aliphatic carbocycles. The summed E-state index contributed by atoms with van der Waals surface area (Å²) in [5, 5.41) is 0. The van der Waals surface area contributed by atoms with Crippen LogP contribution in [-0.2, 0) is 15.8 Å². The lowest BCUT2D eigenvalue weighted by Crippen LogP contribution is -2.47. The molecule has 2 aromatic rings. The van der Waals surface area contributed by atoms with E-state index in [1.807, 2.05) is 0 Å². The summed E-state index contributed by atoms with van der Waals surface area (Å²) in [6.07, 6.45) is 2.60. The lowest BCUT2D eigenvalue weighted by Gasteiger charge is -2.36. The predicted octanol–water partition coefficient (Wildman–Crippen LogP) is 1.31. The third-order valence-corrected chi connectivity index (χ3v) is 6.64. The Hall–Kier alpha value is -3.14. The van der Waals surface area contributed by atoms with Gasteiger partial charge in [0.2, 0.25) is 5.56 Å². The number of aromatic amines is 1. The number of rotatable bonds is 4. The van der Waals surface area contributed by atoms with Crippen LogP contribution in [-0.4, -0.2) is 49.2 Å². The molecule has 10 heteroatoms. The Bertz CT molecular complexity index is 1220. The molecule has 1 atom stereocenters. The minimum Gasteiger partial charge on any atom is -0.491 e. The molecule has 0 saturated carbocycles. The SMILES string of the molecule is Cc1cc(C(=O)N2CCCC[C@@H]2COc2cccc3c2C(N)=NS(=O)(=O)C3)cc(=O)[nH]1. The molecule has 31 heavy (non-hydrogen) atoms. The number of amidine groups is 1. The fourth-order valence-corrected chi connectivity index (χ4v) is 5.22. The van der Waals surface area contributed by atoms with Gasteiger partial charge in [-0.3, -0.25) is 9.59 Å². The molecule has 0 unspecified atom stereocenters. The summed E-state index contributed by atoms with van der Waals surface area (Å²) in [6, 6.07) is 7.92. The second-order valence-corrected chi connectivity index (χ2v) is 9.50. The predicted molar refractivity (Wildman–Crippen MR) is 116 cm³/mol. The number of hydrogen-bond donors (Lipinski definition) is 2. The fourth-order valence-electron chi connectivity index (χ4n) is 4.13. The first-order valence-corrected chi connectivity index (χ1v) is 11.7. The molecule has 1 aromatic carbocycles. The lowest BCUT2D eigenvalue weighted by atomic mass is 10.0. The molecule has 1 fully saturated rings. The second-order valence-electron chi connectivity index (χ2n) is 7.87. The molecular weight excluding hydrogens is 420 g/mol. The number of sulfonamides is 1. The number of nitrogens with two attached hydrogens (primary N) is 1. The van der Waals surface area contributed by atoms with Crippen LogP contribution in [0, 0.1) is 6.92 Å². The molecular formula is C21H24N4O5S. The van der Waals surface area contributed by atoms with Crippen molar-refractivity contribution in [2.24, 2.45) is 10.1 Å². The molecule has 0 bridgehead atoms. The number of ether oxygens (including phenoxy) is 1. The van der Waals surface area contributed by atoms with Crippen LogP contribution in [0.1, 0.15) is 46.4 Å². The quantitative estimate of drug-likeness (QED) is 0.730. The van der Waals surface area contributed by atoms with E-state index in [0.717, 1.165) is 19.3 Å². The number of aryl methyl sites for hydroxylation is 1. The Balaban J connectivity index is 1.55. The fraction of sp³-hybridized carbons (Fsp3) is 0.381. The maximum Gasteiger partial charge on any atom is 0.259 e. The number of nitrogens with one attached hydrogen (secondary N) is 1. The number of H-pyrrole nitrogens is 1. The highest BCUT2D eigenvalue weighted by atomic mass is 32.2. The van der Waals surface area contributed by atoms with Gasteiger partial charge in [0, 0.05) is 23.9 Å². The maximum atomic E-state index is 13.1.